The molecular weight excluding hydrogens is 247 g/mol. The van der Waals surface area contributed by atoms with Crippen LogP contribution in [0, 0.1) is 10.1 Å². The van der Waals surface area contributed by atoms with E-state index in [1.165, 1.54) is 24.3 Å². The number of allylic oxidation sites excluding steroid dienone is 1. The first kappa shape index (κ1) is 12.6. The van der Waals surface area contributed by atoms with E-state index in [4.69, 9.17) is 0 Å². The first-order valence-electron chi connectivity index (χ1n) is 5.32. The largest absolute Gasteiger partial charge is 0.288 e. The second-order valence-corrected chi connectivity index (χ2v) is 4.10. The number of rotatable bonds is 2. The van der Waals surface area contributed by atoms with Crippen LogP contribution in [0.3, 0.4) is 0 Å². The molecule has 0 saturated carbocycles. The maximum absolute atomic E-state index is 14.8. The van der Waals surface area contributed by atoms with Crippen molar-refractivity contribution in [2.75, 3.05) is 0 Å². The molecule has 0 radical (unpaired) electrons. The van der Waals surface area contributed by atoms with Crippen LogP contribution in [0.2, 0.25) is 0 Å². The third kappa shape index (κ3) is 1.77. The van der Waals surface area contributed by atoms with Crippen molar-refractivity contribution in [3.8, 4) is 0 Å². The molecule has 0 N–H and O–H groups in total. The standard InChI is InChI=1S/C12H10F3NO2/c13-9-6-7-10(14)12(15,11(9)16(17)18)8-4-2-1-3-5-8/h1-7,9-11H. The zero-order valence-electron chi connectivity index (χ0n) is 9.17. The van der Waals surface area contributed by atoms with Crippen LogP contribution in [-0.4, -0.2) is 23.3 Å². The first-order valence-corrected chi connectivity index (χ1v) is 5.32. The smallest absolute Gasteiger partial charge is 0.264 e. The third-order valence-electron chi connectivity index (χ3n) is 3.04. The molecule has 0 amide bonds. The molecule has 0 spiro atoms. The fourth-order valence-corrected chi connectivity index (χ4v) is 2.14. The van der Waals surface area contributed by atoms with Gasteiger partial charge in [-0.1, -0.05) is 30.3 Å². The molecule has 18 heavy (non-hydrogen) atoms. The Hall–Kier alpha value is -1.85. The maximum Gasteiger partial charge on any atom is 0.288 e. The second kappa shape index (κ2) is 4.44. The number of benzene rings is 1. The van der Waals surface area contributed by atoms with Crippen LogP contribution >= 0.6 is 0 Å². The molecule has 1 aromatic carbocycles. The predicted molar refractivity (Wildman–Crippen MR) is 58.9 cm³/mol. The van der Waals surface area contributed by atoms with Crippen LogP contribution in [0.4, 0.5) is 13.2 Å². The molecule has 6 heteroatoms. The molecule has 0 fully saturated rings. The summed E-state index contributed by atoms with van der Waals surface area (Å²) in [4.78, 5) is 9.72. The lowest BCUT2D eigenvalue weighted by molar-refractivity contribution is -0.552. The van der Waals surface area contributed by atoms with Gasteiger partial charge in [-0.15, -0.1) is 0 Å². The lowest BCUT2D eigenvalue weighted by atomic mass is 9.78. The van der Waals surface area contributed by atoms with E-state index >= 15 is 0 Å². The Morgan fingerprint density at radius 3 is 2.33 bits per heavy atom. The van der Waals surface area contributed by atoms with Crippen LogP contribution in [0.1, 0.15) is 5.56 Å². The highest BCUT2D eigenvalue weighted by Gasteiger charge is 2.60. The van der Waals surface area contributed by atoms with Gasteiger partial charge in [-0.05, 0) is 17.7 Å². The number of nitro groups is 1. The summed E-state index contributed by atoms with van der Waals surface area (Å²) < 4.78 is 42.0. The fourth-order valence-electron chi connectivity index (χ4n) is 2.14. The Labute approximate surface area is 101 Å². The molecular formula is C12H10F3NO2. The van der Waals surface area contributed by atoms with Gasteiger partial charge in [-0.25, -0.2) is 13.2 Å². The minimum Gasteiger partial charge on any atom is -0.264 e. The molecule has 0 aliphatic heterocycles. The highest BCUT2D eigenvalue weighted by atomic mass is 19.2. The van der Waals surface area contributed by atoms with E-state index in [1.54, 1.807) is 6.07 Å². The van der Waals surface area contributed by atoms with Crippen LogP contribution in [0.25, 0.3) is 0 Å². The molecule has 96 valence electrons. The molecule has 4 atom stereocenters. The number of alkyl halides is 3. The number of halogens is 3. The summed E-state index contributed by atoms with van der Waals surface area (Å²) >= 11 is 0. The number of hydrogen-bond donors (Lipinski definition) is 0. The Morgan fingerprint density at radius 2 is 1.78 bits per heavy atom. The van der Waals surface area contributed by atoms with Crippen molar-refractivity contribution in [2.24, 2.45) is 0 Å². The van der Waals surface area contributed by atoms with Crippen molar-refractivity contribution in [1.29, 1.82) is 0 Å². The van der Waals surface area contributed by atoms with Gasteiger partial charge in [0.2, 0.25) is 5.67 Å². The van der Waals surface area contributed by atoms with Crippen molar-refractivity contribution in [3.63, 3.8) is 0 Å². The average molecular weight is 257 g/mol. The van der Waals surface area contributed by atoms with Gasteiger partial charge in [0.15, 0.2) is 12.3 Å². The van der Waals surface area contributed by atoms with E-state index < -0.39 is 29.0 Å². The van der Waals surface area contributed by atoms with Gasteiger partial charge < -0.3 is 0 Å². The molecule has 1 aromatic rings. The summed E-state index contributed by atoms with van der Waals surface area (Å²) in [5.41, 5.74) is -3.22. The van der Waals surface area contributed by atoms with Crippen molar-refractivity contribution in [2.45, 2.75) is 24.1 Å². The van der Waals surface area contributed by atoms with Crippen molar-refractivity contribution >= 4 is 0 Å². The third-order valence-corrected chi connectivity index (χ3v) is 3.04. The fraction of sp³-hybridized carbons (Fsp3) is 0.333. The Balaban J connectivity index is 2.56. The lowest BCUT2D eigenvalue weighted by Gasteiger charge is -2.33. The van der Waals surface area contributed by atoms with E-state index in [0.717, 1.165) is 0 Å². The molecule has 2 rings (SSSR count). The van der Waals surface area contributed by atoms with Crippen LogP contribution in [-0.2, 0) is 5.67 Å². The van der Waals surface area contributed by atoms with E-state index in [0.29, 0.717) is 12.2 Å². The van der Waals surface area contributed by atoms with Crippen molar-refractivity contribution in [3.05, 3.63) is 58.2 Å². The zero-order chi connectivity index (χ0) is 13.3. The van der Waals surface area contributed by atoms with Gasteiger partial charge in [0.25, 0.3) is 6.04 Å². The molecule has 1 aliphatic rings. The summed E-state index contributed by atoms with van der Waals surface area (Å²) in [6.07, 6.45) is -3.02. The van der Waals surface area contributed by atoms with Crippen LogP contribution in [0.15, 0.2) is 42.5 Å². The first-order chi connectivity index (χ1) is 8.48. The zero-order valence-corrected chi connectivity index (χ0v) is 9.17. The van der Waals surface area contributed by atoms with Crippen molar-refractivity contribution < 1.29 is 18.1 Å². The molecule has 4 unspecified atom stereocenters. The van der Waals surface area contributed by atoms with Crippen LogP contribution in [0.5, 0.6) is 0 Å². The van der Waals surface area contributed by atoms with Crippen LogP contribution < -0.4 is 0 Å². The highest BCUT2D eigenvalue weighted by molar-refractivity contribution is 5.31. The molecule has 0 saturated heterocycles. The number of nitrogens with zero attached hydrogens (tertiary/aromatic N) is 1. The minimum atomic E-state index is -2.99. The Morgan fingerprint density at radius 1 is 1.17 bits per heavy atom. The van der Waals surface area contributed by atoms with Gasteiger partial charge in [-0.2, -0.15) is 0 Å². The topological polar surface area (TPSA) is 43.1 Å². The monoisotopic (exact) mass is 257 g/mol. The molecule has 0 bridgehead atoms. The Kier molecular flexibility index (Phi) is 3.11. The summed E-state index contributed by atoms with van der Waals surface area (Å²) in [7, 11) is 0. The van der Waals surface area contributed by atoms with Gasteiger partial charge in [0, 0.05) is 4.92 Å². The highest BCUT2D eigenvalue weighted by Crippen LogP contribution is 2.42. The molecule has 0 aromatic heterocycles. The molecule has 1 aliphatic carbocycles. The van der Waals surface area contributed by atoms with E-state index in [-0.39, 0.29) is 5.56 Å². The van der Waals surface area contributed by atoms with Gasteiger partial charge in [0.1, 0.15) is 0 Å². The van der Waals surface area contributed by atoms with Gasteiger partial charge in [0.05, 0.1) is 0 Å². The van der Waals surface area contributed by atoms with Crippen molar-refractivity contribution in [1.82, 2.24) is 0 Å². The number of hydrogen-bond acceptors (Lipinski definition) is 2. The summed E-state index contributed by atoms with van der Waals surface area (Å²) in [6.45, 7) is 0. The quantitative estimate of drug-likeness (QED) is 0.464. The van der Waals surface area contributed by atoms with Gasteiger partial charge in [-0.3, -0.25) is 10.1 Å². The SMILES string of the molecule is O=[N+]([O-])C1C(F)C=CC(F)C1(F)c1ccccc1. The van der Waals surface area contributed by atoms with Gasteiger partial charge >= 0.3 is 0 Å². The Bertz CT molecular complexity index is 479. The van der Waals surface area contributed by atoms with E-state index in [2.05, 4.69) is 0 Å². The second-order valence-electron chi connectivity index (χ2n) is 4.10. The van der Waals surface area contributed by atoms with E-state index in [9.17, 15) is 23.3 Å². The predicted octanol–water partition coefficient (Wildman–Crippen LogP) is 2.74. The molecule has 0 heterocycles. The maximum atomic E-state index is 14.8. The molecule has 3 nitrogen and oxygen atoms in total. The minimum absolute atomic E-state index is 0.230. The van der Waals surface area contributed by atoms with E-state index in [1.807, 2.05) is 0 Å². The summed E-state index contributed by atoms with van der Waals surface area (Å²) in [5, 5.41) is 10.8. The summed E-state index contributed by atoms with van der Waals surface area (Å²) in [6, 6.07) is 4.56. The average Bonchev–Trinajstić information content (AvgIpc) is 2.35. The lowest BCUT2D eigenvalue weighted by Crippen LogP contribution is -2.54. The normalized spacial score (nSPS) is 35.4. The summed E-state index contributed by atoms with van der Waals surface area (Å²) in [5.74, 6) is 0.